The zero-order valence-electron chi connectivity index (χ0n) is 17.0. The highest BCUT2D eigenvalue weighted by atomic mass is 16.5. The molecule has 1 heterocycles. The summed E-state index contributed by atoms with van der Waals surface area (Å²) >= 11 is 0. The van der Waals surface area contributed by atoms with E-state index in [2.05, 4.69) is 48.2 Å². The number of benzene rings is 2. The predicted molar refractivity (Wildman–Crippen MR) is 114 cm³/mol. The van der Waals surface area contributed by atoms with Crippen LogP contribution in [0.25, 0.3) is 10.8 Å². The second kappa shape index (κ2) is 10.5. The van der Waals surface area contributed by atoms with E-state index in [0.29, 0.717) is 0 Å². The Kier molecular flexibility index (Phi) is 7.72. The van der Waals surface area contributed by atoms with Crippen LogP contribution in [0.15, 0.2) is 36.4 Å². The molecule has 2 aromatic carbocycles. The second-order valence-electron chi connectivity index (χ2n) is 7.95. The quantitative estimate of drug-likeness (QED) is 0.552. The van der Waals surface area contributed by atoms with Crippen LogP contribution >= 0.6 is 0 Å². The van der Waals surface area contributed by atoms with Crippen molar-refractivity contribution in [3.63, 3.8) is 0 Å². The molecule has 1 aliphatic rings. The zero-order chi connectivity index (χ0) is 19.8. The molecule has 0 radical (unpaired) electrons. The van der Waals surface area contributed by atoms with E-state index in [-0.39, 0.29) is 5.92 Å². The van der Waals surface area contributed by atoms with Crippen LogP contribution in [-0.4, -0.2) is 35.7 Å². The summed E-state index contributed by atoms with van der Waals surface area (Å²) in [6.07, 6.45) is 7.70. The van der Waals surface area contributed by atoms with Crippen molar-refractivity contribution < 1.29 is 14.6 Å². The van der Waals surface area contributed by atoms with Gasteiger partial charge in [0, 0.05) is 6.54 Å². The molecular weight excluding hydrogens is 350 g/mol. The molecule has 1 fully saturated rings. The molecule has 1 N–H and O–H groups in total. The lowest BCUT2D eigenvalue weighted by Crippen LogP contribution is -2.35. The maximum atomic E-state index is 11.2. The predicted octanol–water partition coefficient (Wildman–Crippen LogP) is 5.49. The molecular formula is C24H33NO3. The van der Waals surface area contributed by atoms with E-state index in [1.807, 2.05) is 0 Å². The lowest BCUT2D eigenvalue weighted by molar-refractivity contribution is -0.143. The van der Waals surface area contributed by atoms with Gasteiger partial charge in [-0.3, -0.25) is 9.69 Å². The summed E-state index contributed by atoms with van der Waals surface area (Å²) in [5, 5.41) is 11.7. The number of ether oxygens (including phenoxy) is 1. The van der Waals surface area contributed by atoms with E-state index < -0.39 is 5.97 Å². The van der Waals surface area contributed by atoms with Crippen LogP contribution in [0.1, 0.15) is 57.4 Å². The SMILES string of the molecule is CCCCCCCOc1ccc2cccc(CN3CCC(C(=O)O)CC3)c2c1. The molecule has 0 atom stereocenters. The van der Waals surface area contributed by atoms with Gasteiger partial charge >= 0.3 is 5.97 Å². The first-order valence-electron chi connectivity index (χ1n) is 10.8. The van der Waals surface area contributed by atoms with Gasteiger partial charge in [-0.25, -0.2) is 0 Å². The van der Waals surface area contributed by atoms with Crippen LogP contribution in [0.5, 0.6) is 5.75 Å². The van der Waals surface area contributed by atoms with E-state index in [1.54, 1.807) is 0 Å². The van der Waals surface area contributed by atoms with E-state index in [9.17, 15) is 9.90 Å². The number of hydrogen-bond acceptors (Lipinski definition) is 3. The maximum Gasteiger partial charge on any atom is 0.306 e. The first kappa shape index (κ1) is 20.7. The summed E-state index contributed by atoms with van der Waals surface area (Å²) in [6.45, 7) is 5.57. The standard InChI is InChI=1S/C24H33NO3/c1-2-3-4-5-6-16-28-22-11-10-19-8-7-9-21(23(19)17-22)18-25-14-12-20(13-15-25)24(26)27/h7-11,17,20H,2-6,12-16,18H2,1H3,(H,26,27). The number of hydrogen-bond donors (Lipinski definition) is 1. The number of piperidine rings is 1. The molecule has 152 valence electrons. The summed E-state index contributed by atoms with van der Waals surface area (Å²) in [5.74, 6) is 0.113. The van der Waals surface area contributed by atoms with E-state index in [1.165, 1.54) is 42.0 Å². The third-order valence-electron chi connectivity index (χ3n) is 5.79. The van der Waals surface area contributed by atoms with Crippen molar-refractivity contribution >= 4 is 16.7 Å². The average molecular weight is 384 g/mol. The Hall–Kier alpha value is -2.07. The van der Waals surface area contributed by atoms with Crippen LogP contribution in [0.3, 0.4) is 0 Å². The van der Waals surface area contributed by atoms with Crippen LogP contribution in [0.4, 0.5) is 0 Å². The van der Waals surface area contributed by atoms with Crippen LogP contribution in [0, 0.1) is 5.92 Å². The number of carboxylic acid groups (broad SMARTS) is 1. The molecule has 1 aliphatic heterocycles. The van der Waals surface area contributed by atoms with E-state index in [4.69, 9.17) is 4.74 Å². The molecule has 0 spiro atoms. The van der Waals surface area contributed by atoms with Gasteiger partial charge in [0.1, 0.15) is 5.75 Å². The fourth-order valence-electron chi connectivity index (χ4n) is 4.02. The molecule has 3 rings (SSSR count). The molecule has 0 aromatic heterocycles. The minimum Gasteiger partial charge on any atom is -0.494 e. The zero-order valence-corrected chi connectivity index (χ0v) is 17.0. The summed E-state index contributed by atoms with van der Waals surface area (Å²) in [6, 6.07) is 12.8. The molecule has 0 saturated carbocycles. The van der Waals surface area contributed by atoms with Crippen molar-refractivity contribution in [1.82, 2.24) is 4.90 Å². The van der Waals surface area contributed by atoms with Gasteiger partial charge in [0.15, 0.2) is 0 Å². The Labute approximate surface area is 168 Å². The van der Waals surface area contributed by atoms with E-state index >= 15 is 0 Å². The largest absolute Gasteiger partial charge is 0.494 e. The number of likely N-dealkylation sites (tertiary alicyclic amines) is 1. The van der Waals surface area contributed by atoms with Gasteiger partial charge in [0.2, 0.25) is 0 Å². The fourth-order valence-corrected chi connectivity index (χ4v) is 4.02. The summed E-state index contributed by atoms with van der Waals surface area (Å²) in [7, 11) is 0. The van der Waals surface area contributed by atoms with Crippen LogP contribution in [-0.2, 0) is 11.3 Å². The summed E-state index contributed by atoms with van der Waals surface area (Å²) in [5.41, 5.74) is 1.29. The minimum absolute atomic E-state index is 0.180. The van der Waals surface area contributed by atoms with Crippen molar-refractivity contribution in [3.05, 3.63) is 42.0 Å². The fraction of sp³-hybridized carbons (Fsp3) is 0.542. The topological polar surface area (TPSA) is 49.8 Å². The molecule has 0 unspecified atom stereocenters. The van der Waals surface area contributed by atoms with Gasteiger partial charge in [-0.15, -0.1) is 0 Å². The Bertz CT molecular complexity index is 766. The maximum absolute atomic E-state index is 11.2. The molecule has 2 aromatic rings. The van der Waals surface area contributed by atoms with Crippen molar-refractivity contribution in [2.24, 2.45) is 5.92 Å². The number of unbranched alkanes of at least 4 members (excludes halogenated alkanes) is 4. The smallest absolute Gasteiger partial charge is 0.306 e. The van der Waals surface area contributed by atoms with Gasteiger partial charge in [0.25, 0.3) is 0 Å². The van der Waals surface area contributed by atoms with Crippen molar-refractivity contribution in [2.45, 2.75) is 58.4 Å². The third-order valence-corrected chi connectivity index (χ3v) is 5.79. The highest BCUT2D eigenvalue weighted by Gasteiger charge is 2.24. The first-order chi connectivity index (χ1) is 13.7. The second-order valence-corrected chi connectivity index (χ2v) is 7.95. The summed E-state index contributed by atoms with van der Waals surface area (Å²) < 4.78 is 6.00. The molecule has 28 heavy (non-hydrogen) atoms. The average Bonchev–Trinajstić information content (AvgIpc) is 2.71. The molecule has 0 bridgehead atoms. The number of aliphatic carboxylic acids is 1. The van der Waals surface area contributed by atoms with Crippen LogP contribution in [0.2, 0.25) is 0 Å². The molecule has 0 amide bonds. The molecule has 4 nitrogen and oxygen atoms in total. The Balaban J connectivity index is 1.60. The van der Waals surface area contributed by atoms with Crippen molar-refractivity contribution in [3.8, 4) is 5.75 Å². The highest BCUT2D eigenvalue weighted by molar-refractivity contribution is 5.87. The van der Waals surface area contributed by atoms with Gasteiger partial charge < -0.3 is 9.84 Å². The number of carbonyl (C=O) groups is 1. The number of carboxylic acids is 1. The van der Waals surface area contributed by atoms with Gasteiger partial charge in [-0.2, -0.15) is 0 Å². The normalized spacial score (nSPS) is 15.8. The third kappa shape index (κ3) is 5.71. The Morgan fingerprint density at radius 2 is 1.89 bits per heavy atom. The lowest BCUT2D eigenvalue weighted by atomic mass is 9.96. The lowest BCUT2D eigenvalue weighted by Gasteiger charge is -2.30. The molecule has 1 saturated heterocycles. The van der Waals surface area contributed by atoms with E-state index in [0.717, 1.165) is 51.3 Å². The first-order valence-corrected chi connectivity index (χ1v) is 10.8. The molecule has 4 heteroatoms. The minimum atomic E-state index is -0.652. The van der Waals surface area contributed by atoms with Crippen molar-refractivity contribution in [2.75, 3.05) is 19.7 Å². The van der Waals surface area contributed by atoms with Gasteiger partial charge in [-0.1, -0.05) is 56.9 Å². The highest BCUT2D eigenvalue weighted by Crippen LogP contribution is 2.27. The summed E-state index contributed by atoms with van der Waals surface area (Å²) in [4.78, 5) is 13.5. The number of rotatable bonds is 10. The number of fused-ring (bicyclic) bond motifs is 1. The van der Waals surface area contributed by atoms with Crippen LogP contribution < -0.4 is 4.74 Å². The van der Waals surface area contributed by atoms with Gasteiger partial charge in [-0.05, 0) is 60.8 Å². The van der Waals surface area contributed by atoms with Gasteiger partial charge in [0.05, 0.1) is 12.5 Å². The number of nitrogens with zero attached hydrogens (tertiary/aromatic N) is 1. The monoisotopic (exact) mass is 383 g/mol. The van der Waals surface area contributed by atoms with Crippen molar-refractivity contribution in [1.29, 1.82) is 0 Å². The molecule has 0 aliphatic carbocycles. The Morgan fingerprint density at radius 3 is 2.64 bits per heavy atom. The Morgan fingerprint density at radius 1 is 1.11 bits per heavy atom.